The van der Waals surface area contributed by atoms with Crippen molar-refractivity contribution in [2.45, 2.75) is 26.3 Å². The van der Waals surface area contributed by atoms with Gasteiger partial charge in [0.15, 0.2) is 0 Å². The lowest BCUT2D eigenvalue weighted by molar-refractivity contribution is 0.210. The number of aliphatic hydroxyl groups is 1. The van der Waals surface area contributed by atoms with Crippen molar-refractivity contribution in [2.75, 3.05) is 6.61 Å². The van der Waals surface area contributed by atoms with E-state index >= 15 is 0 Å². The molecule has 0 aliphatic rings. The van der Waals surface area contributed by atoms with Crippen LogP contribution in [-0.2, 0) is 0 Å². The van der Waals surface area contributed by atoms with Crippen molar-refractivity contribution in [2.24, 2.45) is 5.92 Å². The van der Waals surface area contributed by atoms with E-state index in [1.807, 2.05) is 30.3 Å². The zero-order chi connectivity index (χ0) is 13.0. The summed E-state index contributed by atoms with van der Waals surface area (Å²) in [5.74, 6) is 0.981. The summed E-state index contributed by atoms with van der Waals surface area (Å²) < 4.78 is 0. The van der Waals surface area contributed by atoms with E-state index in [4.69, 9.17) is 5.11 Å². The highest BCUT2D eigenvalue weighted by molar-refractivity contribution is 5.52. The van der Waals surface area contributed by atoms with E-state index < -0.39 is 0 Å². The smallest absolute Gasteiger partial charge is 0.204 e. The number of benzene rings is 1. The molecule has 0 spiro atoms. The highest BCUT2D eigenvalue weighted by Gasteiger charge is 2.18. The number of aromatic nitrogens is 4. The number of hydrogen-bond acceptors (Lipinski definition) is 4. The Kier molecular flexibility index (Phi) is 4.04. The van der Waals surface area contributed by atoms with Gasteiger partial charge in [0.1, 0.15) is 0 Å². The van der Waals surface area contributed by atoms with Gasteiger partial charge in [0.2, 0.25) is 5.82 Å². The molecule has 0 unspecified atom stereocenters. The molecule has 0 amide bonds. The van der Waals surface area contributed by atoms with Crippen LogP contribution in [0.5, 0.6) is 0 Å². The molecule has 0 aliphatic heterocycles. The monoisotopic (exact) mass is 246 g/mol. The van der Waals surface area contributed by atoms with E-state index in [0.717, 1.165) is 5.56 Å². The van der Waals surface area contributed by atoms with Crippen molar-refractivity contribution in [3.05, 3.63) is 30.3 Å². The molecule has 1 N–H and O–H groups in total. The van der Waals surface area contributed by atoms with Crippen LogP contribution in [0.3, 0.4) is 0 Å². The molecule has 0 bridgehead atoms. The van der Waals surface area contributed by atoms with Crippen LogP contribution in [0, 0.1) is 5.92 Å². The van der Waals surface area contributed by atoms with Crippen molar-refractivity contribution < 1.29 is 5.11 Å². The van der Waals surface area contributed by atoms with E-state index in [2.05, 4.69) is 29.3 Å². The second-order valence-corrected chi connectivity index (χ2v) is 4.62. The van der Waals surface area contributed by atoms with Crippen LogP contribution in [-0.4, -0.2) is 31.9 Å². The van der Waals surface area contributed by atoms with Crippen molar-refractivity contribution in [3.63, 3.8) is 0 Å². The van der Waals surface area contributed by atoms with E-state index in [1.165, 1.54) is 0 Å². The van der Waals surface area contributed by atoms with Crippen LogP contribution in [0.2, 0.25) is 0 Å². The Bertz CT molecular complexity index is 481. The molecule has 0 fully saturated rings. The lowest BCUT2D eigenvalue weighted by Crippen LogP contribution is -2.19. The summed E-state index contributed by atoms with van der Waals surface area (Å²) in [6, 6.07) is 9.85. The van der Waals surface area contributed by atoms with Gasteiger partial charge in [-0.1, -0.05) is 44.2 Å². The van der Waals surface area contributed by atoms with Crippen LogP contribution in [0.1, 0.15) is 26.3 Å². The summed E-state index contributed by atoms with van der Waals surface area (Å²) in [5.41, 5.74) is 0.954. The minimum Gasteiger partial charge on any atom is -0.396 e. The second kappa shape index (κ2) is 5.73. The minimum absolute atomic E-state index is 0.0833. The molecule has 0 saturated carbocycles. The number of tetrazole rings is 1. The largest absolute Gasteiger partial charge is 0.396 e. The predicted molar refractivity (Wildman–Crippen MR) is 68.8 cm³/mol. The Labute approximate surface area is 106 Å². The fourth-order valence-corrected chi connectivity index (χ4v) is 1.92. The summed E-state index contributed by atoms with van der Waals surface area (Å²) in [7, 11) is 0. The van der Waals surface area contributed by atoms with Crippen LogP contribution < -0.4 is 0 Å². The normalized spacial score (nSPS) is 12.9. The number of aliphatic hydroxyl groups excluding tert-OH is 1. The van der Waals surface area contributed by atoms with Gasteiger partial charge in [-0.05, 0) is 17.6 Å². The molecule has 5 nitrogen and oxygen atoms in total. The predicted octanol–water partition coefficient (Wildman–Crippen LogP) is 1.92. The summed E-state index contributed by atoms with van der Waals surface area (Å²) >= 11 is 0. The third kappa shape index (κ3) is 2.73. The molecule has 2 rings (SSSR count). The molecule has 2 aromatic rings. The molecule has 18 heavy (non-hydrogen) atoms. The minimum atomic E-state index is 0.0833. The van der Waals surface area contributed by atoms with Gasteiger partial charge in [-0.2, -0.15) is 4.80 Å². The van der Waals surface area contributed by atoms with Crippen molar-refractivity contribution in [3.8, 4) is 11.4 Å². The molecular formula is C13H18N4O. The quantitative estimate of drug-likeness (QED) is 0.875. The number of hydrogen-bond donors (Lipinski definition) is 1. The Morgan fingerprint density at radius 1 is 1.22 bits per heavy atom. The molecular weight excluding hydrogens is 228 g/mol. The van der Waals surface area contributed by atoms with Gasteiger partial charge in [0.05, 0.1) is 6.04 Å². The van der Waals surface area contributed by atoms with E-state index in [-0.39, 0.29) is 12.6 Å². The van der Waals surface area contributed by atoms with Crippen LogP contribution >= 0.6 is 0 Å². The Balaban J connectivity index is 2.24. The fourth-order valence-electron chi connectivity index (χ4n) is 1.92. The Morgan fingerprint density at radius 3 is 2.56 bits per heavy atom. The summed E-state index contributed by atoms with van der Waals surface area (Å²) in [5, 5.41) is 21.7. The van der Waals surface area contributed by atoms with Gasteiger partial charge in [-0.15, -0.1) is 10.2 Å². The van der Waals surface area contributed by atoms with Gasteiger partial charge < -0.3 is 5.11 Å². The molecule has 5 heteroatoms. The Hall–Kier alpha value is -1.75. The molecule has 1 aromatic heterocycles. The van der Waals surface area contributed by atoms with Crippen LogP contribution in [0.25, 0.3) is 11.4 Å². The molecule has 0 radical (unpaired) electrons. The van der Waals surface area contributed by atoms with Crippen LogP contribution in [0.15, 0.2) is 30.3 Å². The third-order valence-electron chi connectivity index (χ3n) is 2.95. The van der Waals surface area contributed by atoms with Crippen molar-refractivity contribution >= 4 is 0 Å². The van der Waals surface area contributed by atoms with E-state index in [1.54, 1.807) is 4.80 Å². The SMILES string of the molecule is CC(C)[C@H](CCO)n1nnc(-c2ccccc2)n1. The van der Waals surface area contributed by atoms with Gasteiger partial charge in [0, 0.05) is 12.2 Å². The van der Waals surface area contributed by atoms with E-state index in [0.29, 0.717) is 18.2 Å². The highest BCUT2D eigenvalue weighted by atomic mass is 16.3. The first-order chi connectivity index (χ1) is 8.72. The number of rotatable bonds is 5. The number of nitrogens with zero attached hydrogens (tertiary/aromatic N) is 4. The van der Waals surface area contributed by atoms with Crippen LogP contribution in [0.4, 0.5) is 0 Å². The molecule has 0 saturated heterocycles. The molecule has 1 heterocycles. The Morgan fingerprint density at radius 2 is 1.94 bits per heavy atom. The third-order valence-corrected chi connectivity index (χ3v) is 2.95. The van der Waals surface area contributed by atoms with Gasteiger partial charge in [-0.25, -0.2) is 0 Å². The molecule has 0 aliphatic carbocycles. The summed E-state index contributed by atoms with van der Waals surface area (Å²) in [4.78, 5) is 1.61. The van der Waals surface area contributed by atoms with Gasteiger partial charge in [-0.3, -0.25) is 0 Å². The maximum absolute atomic E-state index is 9.08. The standard InChI is InChI=1S/C13H18N4O/c1-10(2)12(8-9-18)17-15-13(14-16-17)11-6-4-3-5-7-11/h3-7,10,12,18H,8-9H2,1-2H3/t12-/m0/s1. The zero-order valence-corrected chi connectivity index (χ0v) is 10.7. The second-order valence-electron chi connectivity index (χ2n) is 4.62. The topological polar surface area (TPSA) is 63.8 Å². The average Bonchev–Trinajstić information content (AvgIpc) is 2.86. The zero-order valence-electron chi connectivity index (χ0n) is 10.7. The first kappa shape index (κ1) is 12.7. The first-order valence-electron chi connectivity index (χ1n) is 6.18. The van der Waals surface area contributed by atoms with Gasteiger partial charge in [0.25, 0.3) is 0 Å². The maximum atomic E-state index is 9.08. The van der Waals surface area contributed by atoms with Crippen molar-refractivity contribution in [1.82, 2.24) is 20.2 Å². The molecule has 1 aromatic carbocycles. The first-order valence-corrected chi connectivity index (χ1v) is 6.18. The maximum Gasteiger partial charge on any atom is 0.204 e. The van der Waals surface area contributed by atoms with Gasteiger partial charge >= 0.3 is 0 Å². The lowest BCUT2D eigenvalue weighted by Gasteiger charge is -2.17. The van der Waals surface area contributed by atoms with Crippen molar-refractivity contribution in [1.29, 1.82) is 0 Å². The lowest BCUT2D eigenvalue weighted by atomic mass is 10.0. The fraction of sp³-hybridized carbons (Fsp3) is 0.462. The average molecular weight is 246 g/mol. The summed E-state index contributed by atoms with van der Waals surface area (Å²) in [6.07, 6.45) is 0.641. The van der Waals surface area contributed by atoms with E-state index in [9.17, 15) is 0 Å². The summed E-state index contributed by atoms with van der Waals surface area (Å²) in [6.45, 7) is 4.31. The molecule has 96 valence electrons. The highest BCUT2D eigenvalue weighted by Crippen LogP contribution is 2.20. The molecule has 1 atom stereocenters.